The smallest absolute Gasteiger partial charge is 0.242 e. The van der Waals surface area contributed by atoms with Gasteiger partial charge >= 0.3 is 0 Å². The molecule has 1 fully saturated rings. The van der Waals surface area contributed by atoms with Gasteiger partial charge in [0.1, 0.15) is 6.54 Å². The fraction of sp³-hybridized carbons (Fsp3) is 0.389. The number of carbonyl (C=O) groups is 1. The van der Waals surface area contributed by atoms with Gasteiger partial charge < -0.3 is 9.47 Å². The van der Waals surface area contributed by atoms with Crippen LogP contribution in [0.3, 0.4) is 0 Å². The van der Waals surface area contributed by atoms with Gasteiger partial charge in [-0.25, -0.2) is 0 Å². The van der Waals surface area contributed by atoms with E-state index in [1.165, 1.54) is 5.39 Å². The third kappa shape index (κ3) is 3.22. The zero-order valence-electron chi connectivity index (χ0n) is 12.9. The molecule has 22 heavy (non-hydrogen) atoms. The number of amides is 1. The predicted molar refractivity (Wildman–Crippen MR) is 89.8 cm³/mol. The summed E-state index contributed by atoms with van der Waals surface area (Å²) in [6.07, 6.45) is 4.97. The van der Waals surface area contributed by atoms with E-state index < -0.39 is 0 Å². The number of benzene rings is 1. The molecule has 1 aromatic carbocycles. The highest BCUT2D eigenvalue weighted by Gasteiger charge is 2.19. The number of hydrogen-bond acceptors (Lipinski definition) is 2. The van der Waals surface area contributed by atoms with Crippen LogP contribution in [0.25, 0.3) is 10.9 Å². The first-order valence-corrected chi connectivity index (χ1v) is 7.93. The lowest BCUT2D eigenvalue weighted by molar-refractivity contribution is -0.131. The second kappa shape index (κ2) is 6.79. The maximum atomic E-state index is 12.6. The highest BCUT2D eigenvalue weighted by molar-refractivity contribution is 5.83. The lowest BCUT2D eigenvalue weighted by Gasteiger charge is -2.21. The molecule has 4 nitrogen and oxygen atoms in total. The summed E-state index contributed by atoms with van der Waals surface area (Å²) in [6, 6.07) is 10.3. The molecule has 0 N–H and O–H groups in total. The van der Waals surface area contributed by atoms with Gasteiger partial charge in [0.25, 0.3) is 0 Å². The predicted octanol–water partition coefficient (Wildman–Crippen LogP) is 2.36. The Hall–Kier alpha value is -2.07. The second-order valence-electron chi connectivity index (χ2n) is 5.83. The van der Waals surface area contributed by atoms with E-state index in [0.29, 0.717) is 6.54 Å². The van der Waals surface area contributed by atoms with Crippen molar-refractivity contribution in [3.63, 3.8) is 0 Å². The molecule has 1 aliphatic heterocycles. The van der Waals surface area contributed by atoms with Gasteiger partial charge in [-0.1, -0.05) is 24.3 Å². The molecule has 1 aliphatic rings. The van der Waals surface area contributed by atoms with E-state index in [9.17, 15) is 4.79 Å². The zero-order chi connectivity index (χ0) is 15.4. The van der Waals surface area contributed by atoms with Gasteiger partial charge in [-0.3, -0.25) is 9.69 Å². The van der Waals surface area contributed by atoms with E-state index in [2.05, 4.69) is 29.7 Å². The minimum Gasteiger partial charge on any atom is -0.340 e. The van der Waals surface area contributed by atoms with E-state index >= 15 is 0 Å². The van der Waals surface area contributed by atoms with Crippen LogP contribution in [0.4, 0.5) is 0 Å². The van der Waals surface area contributed by atoms with Crippen LogP contribution < -0.4 is 0 Å². The lowest BCUT2D eigenvalue weighted by atomic mass is 10.2. The Morgan fingerprint density at radius 2 is 2.00 bits per heavy atom. The fourth-order valence-electron chi connectivity index (χ4n) is 3.11. The summed E-state index contributed by atoms with van der Waals surface area (Å²) in [4.78, 5) is 16.9. The molecule has 116 valence electrons. The summed E-state index contributed by atoms with van der Waals surface area (Å²) in [7, 11) is 0. The molecule has 0 radical (unpaired) electrons. The Morgan fingerprint density at radius 3 is 2.86 bits per heavy atom. The van der Waals surface area contributed by atoms with Crippen molar-refractivity contribution in [2.24, 2.45) is 0 Å². The average molecular weight is 297 g/mol. The highest BCUT2D eigenvalue weighted by Crippen LogP contribution is 2.15. The molecule has 0 bridgehead atoms. The molecule has 1 saturated heterocycles. The summed E-state index contributed by atoms with van der Waals surface area (Å²) < 4.78 is 2.05. The Labute approximate surface area is 131 Å². The standard InChI is InChI=1S/C18H23N3O/c1-2-9-19-10-5-11-20(14-13-19)18(22)15-21-12-8-16-6-3-4-7-17(16)21/h2-4,6-8,12H,1,5,9-11,13-15H2. The number of hydrogen-bond donors (Lipinski definition) is 0. The van der Waals surface area contributed by atoms with Gasteiger partial charge in [-0.2, -0.15) is 0 Å². The van der Waals surface area contributed by atoms with Crippen LogP contribution in [0.1, 0.15) is 6.42 Å². The molecular formula is C18H23N3O. The first kappa shape index (κ1) is 14.9. The van der Waals surface area contributed by atoms with Crippen molar-refractivity contribution in [2.45, 2.75) is 13.0 Å². The molecule has 1 amide bonds. The molecule has 0 unspecified atom stereocenters. The first-order valence-electron chi connectivity index (χ1n) is 7.93. The number of para-hydroxylation sites is 1. The maximum absolute atomic E-state index is 12.6. The fourth-order valence-corrected chi connectivity index (χ4v) is 3.11. The van der Waals surface area contributed by atoms with E-state index in [4.69, 9.17) is 0 Å². The number of carbonyl (C=O) groups excluding carboxylic acids is 1. The van der Waals surface area contributed by atoms with Gasteiger partial charge in [0.2, 0.25) is 5.91 Å². The Morgan fingerprint density at radius 1 is 1.14 bits per heavy atom. The van der Waals surface area contributed by atoms with Crippen molar-refractivity contribution in [3.05, 3.63) is 49.2 Å². The first-order chi connectivity index (χ1) is 10.8. The summed E-state index contributed by atoms with van der Waals surface area (Å²) in [6.45, 7) is 8.77. The van der Waals surface area contributed by atoms with E-state index in [-0.39, 0.29) is 5.91 Å². The average Bonchev–Trinajstić information content (AvgIpc) is 2.78. The van der Waals surface area contributed by atoms with Crippen LogP contribution >= 0.6 is 0 Å². The van der Waals surface area contributed by atoms with Crippen molar-refractivity contribution in [3.8, 4) is 0 Å². The zero-order valence-corrected chi connectivity index (χ0v) is 12.9. The minimum absolute atomic E-state index is 0.210. The highest BCUT2D eigenvalue weighted by atomic mass is 16.2. The molecule has 0 aliphatic carbocycles. The summed E-state index contributed by atoms with van der Waals surface area (Å²) >= 11 is 0. The summed E-state index contributed by atoms with van der Waals surface area (Å²) in [5.41, 5.74) is 1.12. The van der Waals surface area contributed by atoms with Gasteiger partial charge in [-0.15, -0.1) is 6.58 Å². The van der Waals surface area contributed by atoms with Crippen LogP contribution in [0.5, 0.6) is 0 Å². The van der Waals surface area contributed by atoms with Gasteiger partial charge in [0.15, 0.2) is 0 Å². The van der Waals surface area contributed by atoms with Crippen LogP contribution in [-0.4, -0.2) is 53.0 Å². The second-order valence-corrected chi connectivity index (χ2v) is 5.83. The van der Waals surface area contributed by atoms with Crippen molar-refractivity contribution in [1.82, 2.24) is 14.4 Å². The molecule has 2 heterocycles. The van der Waals surface area contributed by atoms with Crippen LogP contribution in [0, 0.1) is 0 Å². The summed E-state index contributed by atoms with van der Waals surface area (Å²) in [5, 5.41) is 1.18. The van der Waals surface area contributed by atoms with Gasteiger partial charge in [-0.05, 0) is 23.9 Å². The van der Waals surface area contributed by atoms with E-state index in [1.807, 2.05) is 33.9 Å². The largest absolute Gasteiger partial charge is 0.340 e. The number of fused-ring (bicyclic) bond motifs is 1. The number of nitrogens with zero attached hydrogens (tertiary/aromatic N) is 3. The van der Waals surface area contributed by atoms with Crippen LogP contribution in [0.15, 0.2) is 49.2 Å². The SMILES string of the molecule is C=CCN1CCCN(C(=O)Cn2ccc3ccccc32)CC1. The minimum atomic E-state index is 0.210. The number of aromatic nitrogens is 1. The van der Waals surface area contributed by atoms with E-state index in [1.54, 1.807) is 0 Å². The Kier molecular flexibility index (Phi) is 4.59. The third-order valence-electron chi connectivity index (χ3n) is 4.31. The van der Waals surface area contributed by atoms with Crippen molar-refractivity contribution >= 4 is 16.8 Å². The third-order valence-corrected chi connectivity index (χ3v) is 4.31. The molecule has 3 rings (SSSR count). The Bertz CT molecular complexity index is 661. The molecule has 4 heteroatoms. The molecule has 0 spiro atoms. The van der Waals surface area contributed by atoms with Crippen LogP contribution in [0.2, 0.25) is 0 Å². The normalized spacial score (nSPS) is 16.6. The molecule has 0 atom stereocenters. The van der Waals surface area contributed by atoms with Crippen molar-refractivity contribution in [1.29, 1.82) is 0 Å². The Balaban J connectivity index is 1.65. The molecule has 2 aromatic rings. The summed E-state index contributed by atoms with van der Waals surface area (Å²) in [5.74, 6) is 0.210. The van der Waals surface area contributed by atoms with E-state index in [0.717, 1.165) is 44.7 Å². The molecule has 1 aromatic heterocycles. The van der Waals surface area contributed by atoms with Crippen molar-refractivity contribution in [2.75, 3.05) is 32.7 Å². The lowest BCUT2D eigenvalue weighted by Crippen LogP contribution is -2.37. The van der Waals surface area contributed by atoms with Crippen LogP contribution in [-0.2, 0) is 11.3 Å². The number of rotatable bonds is 4. The quantitative estimate of drug-likeness (QED) is 0.811. The monoisotopic (exact) mass is 297 g/mol. The van der Waals surface area contributed by atoms with Gasteiger partial charge in [0.05, 0.1) is 0 Å². The maximum Gasteiger partial charge on any atom is 0.242 e. The van der Waals surface area contributed by atoms with Gasteiger partial charge in [0, 0.05) is 44.4 Å². The molecule has 0 saturated carbocycles. The van der Waals surface area contributed by atoms with Crippen molar-refractivity contribution < 1.29 is 4.79 Å². The topological polar surface area (TPSA) is 28.5 Å². The molecular weight excluding hydrogens is 274 g/mol.